The van der Waals surface area contributed by atoms with Crippen LogP contribution < -0.4 is 11.1 Å². The highest BCUT2D eigenvalue weighted by atomic mass is 16.4. The van der Waals surface area contributed by atoms with Crippen LogP contribution in [0.4, 0.5) is 0 Å². The van der Waals surface area contributed by atoms with Gasteiger partial charge in [-0.1, -0.05) is 0 Å². The zero-order chi connectivity index (χ0) is 10.9. The van der Waals surface area contributed by atoms with Crippen LogP contribution in [0.15, 0.2) is 0 Å². The number of hydrogen-bond donors (Lipinski definition) is 6. The summed E-state index contributed by atoms with van der Waals surface area (Å²) in [6, 6.07) is -1.05. The van der Waals surface area contributed by atoms with E-state index in [0.29, 0.717) is 0 Å². The van der Waals surface area contributed by atoms with Gasteiger partial charge in [0.15, 0.2) is 0 Å². The van der Waals surface area contributed by atoms with Crippen LogP contribution in [0.3, 0.4) is 0 Å². The number of β-amino-alcohol motifs (C(OH)–C–C–N with tert-alkyl or cyclic N) is 1. The second kappa shape index (κ2) is 4.20. The Balaban J connectivity index is 2.67. The fourth-order valence-corrected chi connectivity index (χ4v) is 1.41. The minimum Gasteiger partial charge on any atom is -0.389 e. The van der Waals surface area contributed by atoms with Crippen molar-refractivity contribution in [3.8, 4) is 0 Å². The molecule has 0 unspecified atom stereocenters. The van der Waals surface area contributed by atoms with Crippen molar-refractivity contribution in [1.82, 2.24) is 5.32 Å². The topological polar surface area (TPSA) is 136 Å². The van der Waals surface area contributed by atoms with Crippen molar-refractivity contribution in [1.29, 1.82) is 0 Å². The minimum atomic E-state index is -1.59. The van der Waals surface area contributed by atoms with E-state index in [2.05, 4.69) is 5.32 Å². The minimum absolute atomic E-state index is 0.0206. The number of nitrogens with two attached hydrogens (primary N) is 1. The van der Waals surface area contributed by atoms with E-state index in [0.717, 1.165) is 0 Å². The zero-order valence-corrected chi connectivity index (χ0v) is 7.37. The first-order valence-corrected chi connectivity index (χ1v) is 4.20. The summed E-state index contributed by atoms with van der Waals surface area (Å²) in [7, 11) is 0. The zero-order valence-electron chi connectivity index (χ0n) is 7.37. The molecule has 5 atom stereocenters. The highest BCUT2D eigenvalue weighted by molar-refractivity contribution is 5.79. The molecule has 1 aliphatic heterocycles. The van der Waals surface area contributed by atoms with E-state index < -0.39 is 36.4 Å². The lowest BCUT2D eigenvalue weighted by atomic mass is 9.92. The molecule has 0 aliphatic carbocycles. The van der Waals surface area contributed by atoms with Crippen LogP contribution in [-0.2, 0) is 4.79 Å². The number of carbonyl (C=O) groups excluding carboxylic acids is 1. The third kappa shape index (κ3) is 2.02. The van der Waals surface area contributed by atoms with Gasteiger partial charge < -0.3 is 31.5 Å². The van der Waals surface area contributed by atoms with Gasteiger partial charge in [-0.3, -0.25) is 4.79 Å². The molecule has 7 nitrogen and oxygen atoms in total. The summed E-state index contributed by atoms with van der Waals surface area (Å²) in [5, 5.41) is 39.5. The molecule has 0 radical (unpaired) electrons. The fourth-order valence-electron chi connectivity index (χ4n) is 1.41. The maximum Gasteiger partial charge on any atom is 0.248 e. The van der Waals surface area contributed by atoms with Crippen LogP contribution in [0.25, 0.3) is 0 Å². The monoisotopic (exact) mass is 206 g/mol. The number of piperidine rings is 1. The molecule has 1 rings (SSSR count). The van der Waals surface area contributed by atoms with E-state index in [1.165, 1.54) is 0 Å². The smallest absolute Gasteiger partial charge is 0.248 e. The number of aliphatic hydroxyl groups is 4. The summed E-state index contributed by atoms with van der Waals surface area (Å²) in [5.74, 6) is -0.995. The number of hydrogen-bond acceptors (Lipinski definition) is 6. The molecule has 7 N–H and O–H groups in total. The van der Waals surface area contributed by atoms with Gasteiger partial charge in [0, 0.05) is 6.54 Å². The van der Waals surface area contributed by atoms with Crippen LogP contribution in [0.1, 0.15) is 0 Å². The molecule has 1 amide bonds. The van der Waals surface area contributed by atoms with E-state index >= 15 is 0 Å². The van der Waals surface area contributed by atoms with E-state index in [1.807, 2.05) is 0 Å². The maximum absolute atomic E-state index is 10.6. The van der Waals surface area contributed by atoms with Crippen molar-refractivity contribution >= 4 is 5.91 Å². The molecule has 0 saturated carbocycles. The van der Waals surface area contributed by atoms with Crippen LogP contribution in [0.2, 0.25) is 0 Å². The summed E-state index contributed by atoms with van der Waals surface area (Å²) >= 11 is 0. The number of aliphatic hydroxyl groups excluding tert-OH is 4. The molecule has 82 valence electrons. The number of primary amides is 1. The van der Waals surface area contributed by atoms with Crippen molar-refractivity contribution in [2.24, 2.45) is 5.73 Å². The Morgan fingerprint density at radius 1 is 1.36 bits per heavy atom. The first kappa shape index (κ1) is 11.3. The van der Waals surface area contributed by atoms with Crippen molar-refractivity contribution in [2.75, 3.05) is 6.54 Å². The van der Waals surface area contributed by atoms with Gasteiger partial charge in [-0.2, -0.15) is 0 Å². The second-order valence-corrected chi connectivity index (χ2v) is 3.33. The Morgan fingerprint density at radius 3 is 2.43 bits per heavy atom. The van der Waals surface area contributed by atoms with E-state index in [-0.39, 0.29) is 6.54 Å². The summed E-state index contributed by atoms with van der Waals surface area (Å²) in [4.78, 5) is 10.6. The van der Waals surface area contributed by atoms with Gasteiger partial charge in [0.2, 0.25) is 5.91 Å². The van der Waals surface area contributed by atoms with Gasteiger partial charge in [0.25, 0.3) is 0 Å². The molecule has 0 aromatic heterocycles. The third-order valence-electron chi connectivity index (χ3n) is 2.31. The second-order valence-electron chi connectivity index (χ2n) is 3.33. The van der Waals surface area contributed by atoms with Crippen LogP contribution in [0, 0.1) is 0 Å². The van der Waals surface area contributed by atoms with Gasteiger partial charge >= 0.3 is 0 Å². The van der Waals surface area contributed by atoms with Gasteiger partial charge in [-0.15, -0.1) is 0 Å². The van der Waals surface area contributed by atoms with E-state index in [4.69, 9.17) is 10.8 Å². The first-order chi connectivity index (χ1) is 6.45. The molecule has 0 aromatic rings. The molecule has 1 fully saturated rings. The molecule has 1 saturated heterocycles. The quantitative estimate of drug-likeness (QED) is 0.272. The molecular weight excluding hydrogens is 192 g/mol. The lowest BCUT2D eigenvalue weighted by Gasteiger charge is -2.37. The summed E-state index contributed by atoms with van der Waals surface area (Å²) in [6.45, 7) is -0.0206. The molecular formula is C7H14N2O5. The predicted molar refractivity (Wildman–Crippen MR) is 45.0 cm³/mol. The average molecular weight is 206 g/mol. The molecule has 14 heavy (non-hydrogen) atoms. The standard InChI is InChI=1S/C7H14N2O5/c8-7(14)6(13)3-5(12)4(11)2(10)1-9-3/h2-6,9-13H,1H2,(H2,8,14)/t2-,3+,4-,5-,6-/m1/s1. The summed E-state index contributed by atoms with van der Waals surface area (Å²) in [6.07, 6.45) is -5.54. The summed E-state index contributed by atoms with van der Waals surface area (Å²) in [5.41, 5.74) is 4.82. The number of rotatable bonds is 2. The van der Waals surface area contributed by atoms with Crippen molar-refractivity contribution in [3.63, 3.8) is 0 Å². The number of nitrogens with one attached hydrogen (secondary N) is 1. The Morgan fingerprint density at radius 2 is 1.93 bits per heavy atom. The number of amides is 1. The average Bonchev–Trinajstić information content (AvgIpc) is 2.13. The molecule has 1 aliphatic rings. The number of carbonyl (C=O) groups is 1. The Bertz CT molecular complexity index is 224. The van der Waals surface area contributed by atoms with Crippen molar-refractivity contribution < 1.29 is 25.2 Å². The van der Waals surface area contributed by atoms with E-state index in [9.17, 15) is 20.1 Å². The largest absolute Gasteiger partial charge is 0.389 e. The highest BCUT2D eigenvalue weighted by Gasteiger charge is 2.41. The van der Waals surface area contributed by atoms with Gasteiger partial charge in [-0.05, 0) is 0 Å². The molecule has 0 bridgehead atoms. The lowest BCUT2D eigenvalue weighted by molar-refractivity contribution is -0.140. The van der Waals surface area contributed by atoms with Crippen LogP contribution >= 0.6 is 0 Å². The van der Waals surface area contributed by atoms with Gasteiger partial charge in [0.1, 0.15) is 18.3 Å². The highest BCUT2D eigenvalue weighted by Crippen LogP contribution is 2.13. The maximum atomic E-state index is 10.6. The van der Waals surface area contributed by atoms with Crippen molar-refractivity contribution in [3.05, 3.63) is 0 Å². The molecule has 0 aromatic carbocycles. The SMILES string of the molecule is NC(=O)[C@H](O)[C@H]1NC[C@@H](O)[C@@H](O)[C@@H]1O. The lowest BCUT2D eigenvalue weighted by Crippen LogP contribution is -2.65. The molecule has 7 heteroatoms. The van der Waals surface area contributed by atoms with E-state index in [1.54, 1.807) is 0 Å². The van der Waals surface area contributed by atoms with Crippen LogP contribution in [0.5, 0.6) is 0 Å². The van der Waals surface area contributed by atoms with Crippen LogP contribution in [-0.4, -0.2) is 63.3 Å². The first-order valence-electron chi connectivity index (χ1n) is 4.20. The van der Waals surface area contributed by atoms with Crippen molar-refractivity contribution in [2.45, 2.75) is 30.5 Å². The Hall–Kier alpha value is -0.730. The molecule has 1 heterocycles. The predicted octanol–water partition coefficient (Wildman–Crippen LogP) is -4.11. The Labute approximate surface area is 80.2 Å². The third-order valence-corrected chi connectivity index (χ3v) is 2.31. The van der Waals surface area contributed by atoms with Gasteiger partial charge in [-0.25, -0.2) is 0 Å². The fraction of sp³-hybridized carbons (Fsp3) is 0.857. The normalized spacial score (nSPS) is 40.6. The Kier molecular flexibility index (Phi) is 3.40. The van der Waals surface area contributed by atoms with Gasteiger partial charge in [0.05, 0.1) is 12.1 Å². The molecule has 0 spiro atoms. The summed E-state index contributed by atoms with van der Waals surface area (Å²) < 4.78 is 0.